The monoisotopic (exact) mass is 385 g/mol. The van der Waals surface area contributed by atoms with Crippen molar-refractivity contribution < 1.29 is 14.7 Å². The molecule has 0 saturated carbocycles. The molecule has 136 valence electrons. The van der Waals surface area contributed by atoms with E-state index in [0.717, 1.165) is 21.9 Å². The molecule has 4 nitrogen and oxygen atoms in total. The molecule has 5 rings (SSSR count). The summed E-state index contributed by atoms with van der Waals surface area (Å²) < 4.78 is 0. The number of ketones is 1. The summed E-state index contributed by atoms with van der Waals surface area (Å²) in [6.07, 6.45) is 0. The predicted octanol–water partition coefficient (Wildman–Crippen LogP) is 5.16. The molecule has 28 heavy (non-hydrogen) atoms. The van der Waals surface area contributed by atoms with E-state index in [2.05, 4.69) is 5.32 Å². The molecule has 1 aliphatic heterocycles. The molecule has 2 heterocycles. The first-order valence-electron chi connectivity index (χ1n) is 8.84. The lowest BCUT2D eigenvalue weighted by Gasteiger charge is -2.22. The smallest absolute Gasteiger partial charge is 0.343 e. The van der Waals surface area contributed by atoms with Crippen LogP contribution < -0.4 is 5.32 Å². The van der Waals surface area contributed by atoms with Gasteiger partial charge in [-0.3, -0.25) is 4.79 Å². The fourth-order valence-corrected chi connectivity index (χ4v) is 4.78. The molecule has 4 aromatic rings. The number of fused-ring (bicyclic) bond motifs is 3. The average molecular weight is 385 g/mol. The van der Waals surface area contributed by atoms with Gasteiger partial charge in [0.2, 0.25) is 11.3 Å². The number of hydrogen-bond acceptors (Lipinski definition) is 4. The van der Waals surface area contributed by atoms with Crippen LogP contribution in [0.2, 0.25) is 0 Å². The number of rotatable bonds is 3. The second kappa shape index (κ2) is 6.04. The summed E-state index contributed by atoms with van der Waals surface area (Å²) in [4.78, 5) is 26.2. The largest absolute Gasteiger partial charge is 0.479 e. The first-order chi connectivity index (χ1) is 13.6. The molecule has 0 aliphatic carbocycles. The molecule has 0 bridgehead atoms. The average Bonchev–Trinajstić information content (AvgIpc) is 3.35. The Hall–Kier alpha value is -3.44. The van der Waals surface area contributed by atoms with Gasteiger partial charge in [-0.05, 0) is 34.0 Å². The fourth-order valence-electron chi connectivity index (χ4n) is 3.91. The van der Waals surface area contributed by atoms with E-state index >= 15 is 0 Å². The minimum atomic E-state index is -1.78. The van der Waals surface area contributed by atoms with Gasteiger partial charge in [-0.25, -0.2) is 4.79 Å². The van der Waals surface area contributed by atoms with Crippen LogP contribution in [-0.4, -0.2) is 16.9 Å². The van der Waals surface area contributed by atoms with Gasteiger partial charge in [0, 0.05) is 15.8 Å². The van der Waals surface area contributed by atoms with Crippen molar-refractivity contribution >= 4 is 39.5 Å². The van der Waals surface area contributed by atoms with Crippen LogP contribution >= 0.6 is 11.3 Å². The molecule has 1 aliphatic rings. The number of nitrogens with one attached hydrogen (secondary N) is 1. The van der Waals surface area contributed by atoms with Gasteiger partial charge in [-0.1, -0.05) is 60.7 Å². The Bertz CT molecular complexity index is 1230. The molecule has 2 N–H and O–H groups in total. The second-order valence-electron chi connectivity index (χ2n) is 6.74. The maximum Gasteiger partial charge on any atom is 0.343 e. The minimum Gasteiger partial charge on any atom is -0.479 e. The van der Waals surface area contributed by atoms with Gasteiger partial charge in [-0.15, -0.1) is 11.3 Å². The zero-order chi connectivity index (χ0) is 19.3. The third-order valence-corrected chi connectivity index (χ3v) is 6.23. The number of anilines is 1. The van der Waals surface area contributed by atoms with Gasteiger partial charge in [-0.2, -0.15) is 0 Å². The van der Waals surface area contributed by atoms with Crippen molar-refractivity contribution in [1.29, 1.82) is 0 Å². The quantitative estimate of drug-likeness (QED) is 0.478. The molecule has 0 spiro atoms. The number of aliphatic carboxylic acids is 1. The van der Waals surface area contributed by atoms with E-state index in [1.807, 2.05) is 60.7 Å². The molecule has 1 aromatic heterocycles. The molecule has 5 heteroatoms. The van der Waals surface area contributed by atoms with Crippen molar-refractivity contribution in [2.75, 3.05) is 5.32 Å². The molecule has 0 amide bonds. The Kier molecular flexibility index (Phi) is 3.60. The number of hydrogen-bond donors (Lipinski definition) is 2. The van der Waals surface area contributed by atoms with Crippen molar-refractivity contribution in [1.82, 2.24) is 0 Å². The number of carboxylic acid groups (broad SMARTS) is 1. The molecule has 1 atom stereocenters. The number of carboxylic acids is 1. The number of Topliss-reactive ketones (excluding diaryl/α,β-unsaturated/α-hetero) is 1. The lowest BCUT2D eigenvalue weighted by Crippen LogP contribution is -2.45. The molecule has 3 aromatic carbocycles. The number of carbonyl (C=O) groups excluding carboxylic acids is 1. The van der Waals surface area contributed by atoms with E-state index in [9.17, 15) is 14.7 Å². The van der Waals surface area contributed by atoms with Crippen LogP contribution in [0.4, 0.5) is 5.69 Å². The summed E-state index contributed by atoms with van der Waals surface area (Å²) in [5.74, 6) is -1.62. The SMILES string of the molecule is O=C(O)[C@]1(c2cccs2)Nc2c(cc(-c3ccccc3)c3ccccc23)C1=O. The zero-order valence-corrected chi connectivity index (χ0v) is 15.5. The van der Waals surface area contributed by atoms with Crippen LogP contribution in [0.3, 0.4) is 0 Å². The van der Waals surface area contributed by atoms with E-state index in [-0.39, 0.29) is 0 Å². The Morgan fingerprint density at radius 3 is 2.29 bits per heavy atom. The highest BCUT2D eigenvalue weighted by atomic mass is 32.1. The third kappa shape index (κ3) is 2.17. The van der Waals surface area contributed by atoms with Crippen molar-refractivity contribution in [2.24, 2.45) is 0 Å². The van der Waals surface area contributed by atoms with Gasteiger partial charge in [0.25, 0.3) is 0 Å². The number of benzene rings is 3. The third-order valence-electron chi connectivity index (χ3n) is 5.24. The minimum absolute atomic E-state index is 0.411. The highest BCUT2D eigenvalue weighted by Gasteiger charge is 2.54. The first kappa shape index (κ1) is 16.7. The summed E-state index contributed by atoms with van der Waals surface area (Å²) in [5, 5.41) is 16.7. The summed E-state index contributed by atoms with van der Waals surface area (Å²) in [6.45, 7) is 0. The first-order valence-corrected chi connectivity index (χ1v) is 9.72. The van der Waals surface area contributed by atoms with Crippen molar-refractivity contribution in [3.63, 3.8) is 0 Å². The standard InChI is InChI=1S/C23H15NO3S/c25-21-18-13-17(14-7-2-1-3-8-14)15-9-4-5-10-16(15)20(18)24-23(21,22(26)27)19-11-6-12-28-19/h1-13,24H,(H,26,27)/t23-/m1/s1. The highest BCUT2D eigenvalue weighted by Crippen LogP contribution is 2.47. The molecule has 0 radical (unpaired) electrons. The maximum absolute atomic E-state index is 13.4. The summed E-state index contributed by atoms with van der Waals surface area (Å²) in [7, 11) is 0. The molecule has 0 unspecified atom stereocenters. The van der Waals surface area contributed by atoms with Gasteiger partial charge >= 0.3 is 5.97 Å². The predicted molar refractivity (Wildman–Crippen MR) is 111 cm³/mol. The number of thiophene rings is 1. The summed E-state index contributed by atoms with van der Waals surface area (Å²) in [5.41, 5.74) is 1.11. The van der Waals surface area contributed by atoms with Crippen LogP contribution in [0.15, 0.2) is 78.2 Å². The zero-order valence-electron chi connectivity index (χ0n) is 14.7. The van der Waals surface area contributed by atoms with E-state index in [0.29, 0.717) is 16.1 Å². The van der Waals surface area contributed by atoms with Crippen LogP contribution in [0.5, 0.6) is 0 Å². The number of carbonyl (C=O) groups is 2. The van der Waals surface area contributed by atoms with E-state index < -0.39 is 17.3 Å². The van der Waals surface area contributed by atoms with Crippen LogP contribution in [0.1, 0.15) is 15.2 Å². The van der Waals surface area contributed by atoms with Gasteiger partial charge in [0.1, 0.15) is 0 Å². The van der Waals surface area contributed by atoms with E-state index in [4.69, 9.17) is 0 Å². The van der Waals surface area contributed by atoms with Crippen LogP contribution in [0, 0.1) is 0 Å². The highest BCUT2D eigenvalue weighted by molar-refractivity contribution is 7.10. The Morgan fingerprint density at radius 2 is 1.61 bits per heavy atom. The topological polar surface area (TPSA) is 66.4 Å². The molecule has 0 saturated heterocycles. The molecular formula is C23H15NO3S. The Morgan fingerprint density at radius 1 is 0.893 bits per heavy atom. The Balaban J connectivity index is 1.83. The van der Waals surface area contributed by atoms with E-state index in [1.165, 1.54) is 11.3 Å². The summed E-state index contributed by atoms with van der Waals surface area (Å²) >= 11 is 1.26. The fraction of sp³-hybridized carbons (Fsp3) is 0.0435. The van der Waals surface area contributed by atoms with E-state index in [1.54, 1.807) is 17.5 Å². The van der Waals surface area contributed by atoms with Crippen molar-refractivity contribution in [2.45, 2.75) is 5.54 Å². The normalized spacial score (nSPS) is 18.1. The Labute approximate surface area is 165 Å². The van der Waals surface area contributed by atoms with Crippen LogP contribution in [-0.2, 0) is 10.3 Å². The lowest BCUT2D eigenvalue weighted by molar-refractivity contribution is -0.140. The van der Waals surface area contributed by atoms with Crippen LogP contribution in [0.25, 0.3) is 21.9 Å². The van der Waals surface area contributed by atoms with Gasteiger partial charge in [0.05, 0.1) is 5.69 Å². The lowest BCUT2D eigenvalue weighted by atomic mass is 9.89. The molecule has 0 fully saturated rings. The summed E-state index contributed by atoms with van der Waals surface area (Å²) in [6, 6.07) is 22.9. The van der Waals surface area contributed by atoms with Gasteiger partial charge in [0.15, 0.2) is 0 Å². The molecular weight excluding hydrogens is 370 g/mol. The van der Waals surface area contributed by atoms with Crippen molar-refractivity contribution in [3.8, 4) is 11.1 Å². The van der Waals surface area contributed by atoms with Crippen molar-refractivity contribution in [3.05, 3.63) is 88.6 Å². The maximum atomic E-state index is 13.4. The van der Waals surface area contributed by atoms with Gasteiger partial charge < -0.3 is 10.4 Å². The second-order valence-corrected chi connectivity index (χ2v) is 7.69.